The number of nitrogens with one attached hydrogen (secondary N) is 1. The Morgan fingerprint density at radius 2 is 1.31 bits per heavy atom. The number of non-ortho nitro benzene ring substituents is 2. The van der Waals surface area contributed by atoms with Crippen LogP contribution in [-0.4, -0.2) is 15.8 Å². The van der Waals surface area contributed by atoms with E-state index in [0.717, 1.165) is 18.2 Å². The van der Waals surface area contributed by atoms with Gasteiger partial charge in [0.05, 0.1) is 27.5 Å². The largest absolute Gasteiger partial charge is 0.457 e. The summed E-state index contributed by atoms with van der Waals surface area (Å²) in [6.07, 6.45) is 0. The molecule has 0 spiro atoms. The first-order valence-electron chi connectivity index (χ1n) is 8.54. The summed E-state index contributed by atoms with van der Waals surface area (Å²) in [5.74, 6) is 0.469. The van der Waals surface area contributed by atoms with E-state index in [9.17, 15) is 25.0 Å². The fourth-order valence-corrected chi connectivity index (χ4v) is 3.22. The molecule has 144 valence electrons. The number of hydrogen-bond donors (Lipinski definition) is 1. The van der Waals surface area contributed by atoms with Gasteiger partial charge < -0.3 is 10.1 Å². The van der Waals surface area contributed by atoms with Crippen LogP contribution in [-0.2, 0) is 0 Å². The van der Waals surface area contributed by atoms with Crippen LogP contribution in [0.2, 0.25) is 0 Å². The maximum absolute atomic E-state index is 12.9. The van der Waals surface area contributed by atoms with Crippen molar-refractivity contribution in [3.63, 3.8) is 0 Å². The second-order valence-electron chi connectivity index (χ2n) is 6.34. The minimum Gasteiger partial charge on any atom is -0.457 e. The van der Waals surface area contributed by atoms with Gasteiger partial charge in [0, 0.05) is 23.3 Å². The van der Waals surface area contributed by atoms with Gasteiger partial charge in [0.25, 0.3) is 17.3 Å². The first kappa shape index (κ1) is 18.1. The first-order valence-corrected chi connectivity index (χ1v) is 8.54. The highest BCUT2D eigenvalue weighted by Gasteiger charge is 2.29. The van der Waals surface area contributed by atoms with Crippen LogP contribution < -0.4 is 10.1 Å². The third-order valence-electron chi connectivity index (χ3n) is 4.54. The van der Waals surface area contributed by atoms with Crippen LogP contribution in [0.25, 0.3) is 0 Å². The van der Waals surface area contributed by atoms with Crippen LogP contribution >= 0.6 is 0 Å². The minimum absolute atomic E-state index is 0.174. The molecule has 1 aliphatic rings. The molecule has 1 aliphatic heterocycles. The Kier molecular flexibility index (Phi) is 4.40. The maximum atomic E-state index is 12.9. The predicted octanol–water partition coefficient (Wildman–Crippen LogP) is 4.13. The number of ether oxygens (including phenoxy) is 1. The summed E-state index contributed by atoms with van der Waals surface area (Å²) < 4.78 is 5.87. The number of amides is 1. The Morgan fingerprint density at radius 3 is 1.79 bits per heavy atom. The number of hydrogen-bond acceptors (Lipinski definition) is 6. The lowest BCUT2D eigenvalue weighted by Crippen LogP contribution is -2.31. The second-order valence-corrected chi connectivity index (χ2v) is 6.34. The van der Waals surface area contributed by atoms with Crippen LogP contribution in [0.5, 0.6) is 11.5 Å². The standard InChI is InChI=1S/C20H13N3O6/c24-20(12-9-13(22(25)26)11-14(10-12)23(27)28)21-19-15-5-1-3-7-17(15)29-18-8-4-2-6-16(18)19/h1-11,19H,(H,21,24). The van der Waals surface area contributed by atoms with Gasteiger partial charge in [-0.1, -0.05) is 36.4 Å². The Hall–Kier alpha value is -4.27. The summed E-state index contributed by atoms with van der Waals surface area (Å²) >= 11 is 0. The Bertz CT molecular complexity index is 1080. The average Bonchev–Trinajstić information content (AvgIpc) is 2.73. The van der Waals surface area contributed by atoms with Gasteiger partial charge in [-0.05, 0) is 12.1 Å². The van der Waals surface area contributed by atoms with E-state index in [1.54, 1.807) is 48.5 Å². The molecule has 1 N–H and O–H groups in total. The number of nitrogens with zero attached hydrogens (tertiary/aromatic N) is 2. The molecule has 1 heterocycles. The number of rotatable bonds is 4. The third kappa shape index (κ3) is 3.36. The van der Waals surface area contributed by atoms with Crippen molar-refractivity contribution >= 4 is 17.3 Å². The van der Waals surface area contributed by atoms with Gasteiger partial charge in [0.1, 0.15) is 11.5 Å². The van der Waals surface area contributed by atoms with Crippen LogP contribution in [0.15, 0.2) is 66.7 Å². The van der Waals surface area contributed by atoms with Crippen LogP contribution in [0.1, 0.15) is 27.5 Å². The van der Waals surface area contributed by atoms with E-state index in [0.29, 0.717) is 22.6 Å². The molecule has 1 amide bonds. The van der Waals surface area contributed by atoms with Crippen molar-refractivity contribution in [3.8, 4) is 11.5 Å². The molecule has 29 heavy (non-hydrogen) atoms. The second kappa shape index (κ2) is 7.04. The fraction of sp³-hybridized carbons (Fsp3) is 0.0500. The molecule has 0 bridgehead atoms. The normalized spacial score (nSPS) is 12.3. The molecule has 0 saturated carbocycles. The molecule has 0 radical (unpaired) electrons. The topological polar surface area (TPSA) is 125 Å². The van der Waals surface area contributed by atoms with Gasteiger partial charge in [-0.2, -0.15) is 0 Å². The van der Waals surface area contributed by atoms with E-state index >= 15 is 0 Å². The zero-order chi connectivity index (χ0) is 20.5. The summed E-state index contributed by atoms with van der Waals surface area (Å²) in [4.78, 5) is 33.5. The fourth-order valence-electron chi connectivity index (χ4n) is 3.22. The number of nitro groups is 2. The number of nitro benzene ring substituents is 2. The van der Waals surface area contributed by atoms with Crippen molar-refractivity contribution in [2.24, 2.45) is 0 Å². The van der Waals surface area contributed by atoms with Crippen LogP contribution in [0, 0.1) is 20.2 Å². The molecule has 0 aliphatic carbocycles. The number of fused-ring (bicyclic) bond motifs is 2. The SMILES string of the molecule is O=C(NC1c2ccccc2Oc2ccccc21)c1cc([N+](=O)[O-])cc([N+](=O)[O-])c1. The zero-order valence-corrected chi connectivity index (χ0v) is 14.8. The summed E-state index contributed by atoms with van der Waals surface area (Å²) in [5.41, 5.74) is 0.181. The highest BCUT2D eigenvalue weighted by Crippen LogP contribution is 2.42. The molecule has 9 nitrogen and oxygen atoms in total. The molecule has 3 aromatic rings. The van der Waals surface area contributed by atoms with E-state index in [1.807, 2.05) is 0 Å². The molecular formula is C20H13N3O6. The van der Waals surface area contributed by atoms with Gasteiger partial charge in [-0.15, -0.1) is 0 Å². The van der Waals surface area contributed by atoms with E-state index in [-0.39, 0.29) is 5.56 Å². The van der Waals surface area contributed by atoms with Crippen molar-refractivity contribution in [1.29, 1.82) is 0 Å². The minimum atomic E-state index is -0.775. The molecule has 4 rings (SSSR count). The summed E-state index contributed by atoms with van der Waals surface area (Å²) in [5, 5.41) is 25.0. The van der Waals surface area contributed by atoms with Crippen molar-refractivity contribution in [2.75, 3.05) is 0 Å². The Balaban J connectivity index is 1.74. The molecule has 0 atom stereocenters. The molecule has 0 fully saturated rings. The summed E-state index contributed by atoms with van der Waals surface area (Å²) in [6.45, 7) is 0. The third-order valence-corrected chi connectivity index (χ3v) is 4.54. The van der Waals surface area contributed by atoms with Gasteiger partial charge in [0.15, 0.2) is 0 Å². The summed E-state index contributed by atoms with van der Waals surface area (Å²) in [7, 11) is 0. The van der Waals surface area contributed by atoms with Gasteiger partial charge in [0.2, 0.25) is 0 Å². The molecule has 3 aromatic carbocycles. The van der Waals surface area contributed by atoms with Gasteiger partial charge in [-0.3, -0.25) is 25.0 Å². The monoisotopic (exact) mass is 391 g/mol. The van der Waals surface area contributed by atoms with Crippen LogP contribution in [0.3, 0.4) is 0 Å². The predicted molar refractivity (Wildman–Crippen MR) is 102 cm³/mol. The average molecular weight is 391 g/mol. The number of carbonyl (C=O) groups excluding carboxylic acids is 1. The zero-order valence-electron chi connectivity index (χ0n) is 14.8. The lowest BCUT2D eigenvalue weighted by Gasteiger charge is -2.28. The number of benzene rings is 3. The van der Waals surface area contributed by atoms with Crippen molar-refractivity contribution in [1.82, 2.24) is 5.32 Å². The quantitative estimate of drug-likeness (QED) is 0.527. The van der Waals surface area contributed by atoms with Crippen molar-refractivity contribution in [3.05, 3.63) is 104 Å². The first-order chi connectivity index (χ1) is 13.9. The number of para-hydroxylation sites is 2. The highest BCUT2D eigenvalue weighted by atomic mass is 16.6. The smallest absolute Gasteiger partial charge is 0.277 e. The Labute approximate surface area is 163 Å². The maximum Gasteiger partial charge on any atom is 0.277 e. The van der Waals surface area contributed by atoms with Gasteiger partial charge >= 0.3 is 0 Å². The molecule has 0 saturated heterocycles. The lowest BCUT2D eigenvalue weighted by atomic mass is 9.94. The lowest BCUT2D eigenvalue weighted by molar-refractivity contribution is -0.394. The molecule has 0 unspecified atom stereocenters. The van der Waals surface area contributed by atoms with E-state index < -0.39 is 33.2 Å². The van der Waals surface area contributed by atoms with E-state index in [4.69, 9.17) is 4.74 Å². The van der Waals surface area contributed by atoms with E-state index in [1.165, 1.54) is 0 Å². The summed E-state index contributed by atoms with van der Waals surface area (Å²) in [6, 6.07) is 16.6. The molecule has 0 aromatic heterocycles. The van der Waals surface area contributed by atoms with Gasteiger partial charge in [-0.25, -0.2) is 0 Å². The van der Waals surface area contributed by atoms with Crippen LogP contribution in [0.4, 0.5) is 11.4 Å². The highest BCUT2D eigenvalue weighted by molar-refractivity contribution is 5.96. The number of carbonyl (C=O) groups is 1. The van der Waals surface area contributed by atoms with Crippen molar-refractivity contribution in [2.45, 2.75) is 6.04 Å². The van der Waals surface area contributed by atoms with Crippen molar-refractivity contribution < 1.29 is 19.4 Å². The Morgan fingerprint density at radius 1 is 0.828 bits per heavy atom. The van der Waals surface area contributed by atoms with E-state index in [2.05, 4.69) is 5.32 Å². The molecular weight excluding hydrogens is 378 g/mol. The molecule has 9 heteroatoms.